The third-order valence-corrected chi connectivity index (χ3v) is 5.42. The van der Waals surface area contributed by atoms with Crippen molar-refractivity contribution in [2.75, 3.05) is 25.4 Å². The molecule has 2 aliphatic heterocycles. The van der Waals surface area contributed by atoms with E-state index in [-0.39, 0.29) is 0 Å². The number of nitrogens with two attached hydrogens (primary N) is 5. The van der Waals surface area contributed by atoms with Crippen LogP contribution in [0, 0.1) is 0 Å². The van der Waals surface area contributed by atoms with Crippen LogP contribution in [0.1, 0.15) is 13.3 Å². The maximum atomic E-state index is 11.7. The van der Waals surface area contributed by atoms with Crippen LogP contribution in [0.4, 0.5) is 4.79 Å². The van der Waals surface area contributed by atoms with Crippen molar-refractivity contribution in [3.05, 3.63) is 0 Å². The maximum Gasteiger partial charge on any atom is 0.335 e. The number of carbonyl (C=O) groups is 1. The van der Waals surface area contributed by atoms with Crippen LogP contribution in [-0.4, -0.2) is 57.9 Å². The molecule has 3 atom stereocenters. The lowest BCUT2D eigenvalue weighted by Gasteiger charge is -2.43. The Kier molecular flexibility index (Phi) is 4.39. The van der Waals surface area contributed by atoms with Crippen LogP contribution in [0.3, 0.4) is 0 Å². The van der Waals surface area contributed by atoms with Crippen molar-refractivity contribution < 1.29 is 9.53 Å². The normalized spacial score (nSPS) is 39.0. The molecule has 2 rings (SSSR count). The van der Waals surface area contributed by atoms with Gasteiger partial charge in [0.2, 0.25) is 5.06 Å². The Hall–Kier alpha value is -0.660. The van der Waals surface area contributed by atoms with E-state index >= 15 is 0 Å². The first-order chi connectivity index (χ1) is 9.70. The van der Waals surface area contributed by atoms with Crippen molar-refractivity contribution >= 4 is 17.8 Å². The first kappa shape index (κ1) is 16.7. The summed E-state index contributed by atoms with van der Waals surface area (Å²) in [4.78, 5) is 11.7. The van der Waals surface area contributed by atoms with E-state index in [4.69, 9.17) is 33.6 Å². The number of nitrogens with zero attached hydrogens (tertiary/aromatic N) is 2. The summed E-state index contributed by atoms with van der Waals surface area (Å²) < 4.78 is 5.73. The summed E-state index contributed by atoms with van der Waals surface area (Å²) in [6, 6.07) is -0.571. The summed E-state index contributed by atoms with van der Waals surface area (Å²) in [5.41, 5.74) is 15.9. The van der Waals surface area contributed by atoms with Gasteiger partial charge in [0.15, 0.2) is 5.66 Å². The quantitative estimate of drug-likeness (QED) is 0.0751. The lowest BCUT2D eigenvalue weighted by Crippen LogP contribution is -2.81. The van der Waals surface area contributed by atoms with E-state index in [2.05, 4.69) is 5.32 Å². The van der Waals surface area contributed by atoms with Crippen LogP contribution >= 0.6 is 11.8 Å². The van der Waals surface area contributed by atoms with Gasteiger partial charge in [-0.1, -0.05) is 6.92 Å². The molecule has 122 valence electrons. The average molecular weight is 320 g/mol. The monoisotopic (exact) mass is 320 g/mol. The van der Waals surface area contributed by atoms with Gasteiger partial charge in [-0.3, -0.25) is 17.3 Å². The van der Waals surface area contributed by atoms with Gasteiger partial charge in [-0.15, -0.1) is 11.8 Å². The van der Waals surface area contributed by atoms with Gasteiger partial charge in [-0.25, -0.2) is 20.7 Å². The predicted molar refractivity (Wildman–Crippen MR) is 79.8 cm³/mol. The smallest absolute Gasteiger partial charge is 0.335 e. The van der Waals surface area contributed by atoms with Gasteiger partial charge >= 0.3 is 6.03 Å². The zero-order chi connectivity index (χ0) is 15.9. The minimum absolute atomic E-state index is 0.303. The summed E-state index contributed by atoms with van der Waals surface area (Å²) >= 11 is 1.23. The number of thioether (sulfide) groups is 1. The second kappa shape index (κ2) is 5.52. The molecular formula is C10H24N8O2S. The van der Waals surface area contributed by atoms with Gasteiger partial charge in [0.25, 0.3) is 0 Å². The molecule has 0 saturated carbocycles. The number of nitrogens with one attached hydrogen (secondary N) is 1. The third-order valence-electron chi connectivity index (χ3n) is 3.97. The Balaban J connectivity index is 2.03. The number of ether oxygens (including phenoxy) is 1. The maximum absolute atomic E-state index is 11.7. The lowest BCUT2D eigenvalue weighted by atomic mass is 9.96. The fourth-order valence-electron chi connectivity index (χ4n) is 2.48. The number of amides is 2. The van der Waals surface area contributed by atoms with E-state index in [0.717, 1.165) is 11.6 Å². The van der Waals surface area contributed by atoms with E-state index in [1.807, 2.05) is 6.92 Å². The summed E-state index contributed by atoms with van der Waals surface area (Å²) in [6.45, 7) is 3.68. The highest BCUT2D eigenvalue weighted by Crippen LogP contribution is 2.48. The molecule has 10 nitrogen and oxygen atoms in total. The zero-order valence-electron chi connectivity index (χ0n) is 12.0. The molecule has 0 bridgehead atoms. The highest BCUT2D eigenvalue weighted by molar-refractivity contribution is 8.00. The number of urea groups is 1. The molecule has 0 aromatic carbocycles. The van der Waals surface area contributed by atoms with Crippen molar-refractivity contribution in [1.82, 2.24) is 15.3 Å². The highest BCUT2D eigenvalue weighted by Gasteiger charge is 2.73. The standard InChI is InChI=1S/C10H24N8O2S/c1-2-17(14)4-3-5-20-10(13)9(12)8(11,6-21-10)16-7(19)18(9)15/h2-6,11-15H2,1H3,(H,16,19)/t8-,9-,10-/m0/s1. The second-order valence-corrected chi connectivity index (χ2v) is 6.51. The Bertz CT molecular complexity index is 428. The van der Waals surface area contributed by atoms with Crippen molar-refractivity contribution in [2.24, 2.45) is 28.9 Å². The van der Waals surface area contributed by atoms with Crippen LogP contribution in [0.15, 0.2) is 0 Å². The molecule has 2 saturated heterocycles. The Morgan fingerprint density at radius 2 is 2.14 bits per heavy atom. The Labute approximate surface area is 127 Å². The van der Waals surface area contributed by atoms with E-state index in [1.165, 1.54) is 11.8 Å². The number of hydrogen-bond donors (Lipinski definition) is 6. The molecule has 0 aromatic rings. The van der Waals surface area contributed by atoms with Crippen molar-refractivity contribution in [3.8, 4) is 0 Å². The SMILES string of the molecule is CCN(N)CCCO[C@]1(N)SC[C@]2(N)NC(=O)N(N)[C@@]21N. The van der Waals surface area contributed by atoms with E-state index in [9.17, 15) is 4.79 Å². The molecule has 0 aromatic heterocycles. The second-order valence-electron chi connectivity index (χ2n) is 5.32. The molecule has 11 heteroatoms. The Morgan fingerprint density at radius 3 is 2.76 bits per heavy atom. The largest absolute Gasteiger partial charge is 0.348 e. The first-order valence-electron chi connectivity index (χ1n) is 6.71. The number of rotatable bonds is 6. The van der Waals surface area contributed by atoms with Gasteiger partial charge < -0.3 is 15.8 Å². The van der Waals surface area contributed by atoms with E-state index < -0.39 is 22.4 Å². The fraction of sp³-hybridized carbons (Fsp3) is 0.900. The molecule has 2 aliphatic rings. The predicted octanol–water partition coefficient (Wildman–Crippen LogP) is -2.84. The molecule has 0 radical (unpaired) electrons. The molecule has 0 aliphatic carbocycles. The topological polar surface area (TPSA) is 175 Å². The number of carbonyl (C=O) groups excluding carboxylic acids is 1. The minimum Gasteiger partial charge on any atom is -0.348 e. The zero-order valence-corrected chi connectivity index (χ0v) is 12.9. The van der Waals surface area contributed by atoms with Crippen LogP contribution in [0.5, 0.6) is 0 Å². The fourth-order valence-corrected chi connectivity index (χ4v) is 3.88. The molecule has 2 amide bonds. The van der Waals surface area contributed by atoms with Crippen molar-refractivity contribution in [1.29, 1.82) is 0 Å². The molecule has 0 spiro atoms. The summed E-state index contributed by atoms with van der Waals surface area (Å²) in [7, 11) is 0. The summed E-state index contributed by atoms with van der Waals surface area (Å²) in [6.07, 6.45) is 0.670. The average Bonchev–Trinajstić information content (AvgIpc) is 2.75. The molecular weight excluding hydrogens is 296 g/mol. The van der Waals surface area contributed by atoms with E-state index in [1.54, 1.807) is 5.01 Å². The van der Waals surface area contributed by atoms with Crippen LogP contribution in [-0.2, 0) is 4.74 Å². The molecule has 0 unspecified atom stereocenters. The van der Waals surface area contributed by atoms with Crippen LogP contribution < -0.4 is 34.2 Å². The first-order valence-corrected chi connectivity index (χ1v) is 7.70. The lowest BCUT2D eigenvalue weighted by molar-refractivity contribution is -0.0841. The van der Waals surface area contributed by atoms with Crippen molar-refractivity contribution in [2.45, 2.75) is 29.7 Å². The molecule has 21 heavy (non-hydrogen) atoms. The number of hydrogen-bond acceptors (Lipinski definition) is 9. The number of fused-ring (bicyclic) bond motifs is 1. The summed E-state index contributed by atoms with van der Waals surface area (Å²) in [5.74, 6) is 11.7. The van der Waals surface area contributed by atoms with Crippen LogP contribution in [0.2, 0.25) is 0 Å². The summed E-state index contributed by atoms with van der Waals surface area (Å²) in [5, 5.41) is 3.66. The van der Waals surface area contributed by atoms with Crippen LogP contribution in [0.25, 0.3) is 0 Å². The third kappa shape index (κ3) is 2.39. The van der Waals surface area contributed by atoms with Gasteiger partial charge in [0.1, 0.15) is 5.66 Å². The van der Waals surface area contributed by atoms with Gasteiger partial charge in [0, 0.05) is 18.8 Å². The number of hydrazine groups is 2. The minimum atomic E-state index is -1.53. The van der Waals surface area contributed by atoms with Crippen molar-refractivity contribution in [3.63, 3.8) is 0 Å². The molecule has 2 heterocycles. The van der Waals surface area contributed by atoms with Gasteiger partial charge in [-0.05, 0) is 6.42 Å². The van der Waals surface area contributed by atoms with E-state index in [0.29, 0.717) is 25.3 Å². The molecule has 2 fully saturated rings. The van der Waals surface area contributed by atoms with Gasteiger partial charge in [0.05, 0.1) is 6.61 Å². The highest BCUT2D eigenvalue weighted by atomic mass is 32.2. The van der Waals surface area contributed by atoms with Gasteiger partial charge in [-0.2, -0.15) is 0 Å². The molecule has 11 N–H and O–H groups in total. The Morgan fingerprint density at radius 1 is 1.48 bits per heavy atom.